The number of fused-ring (bicyclic) bond motifs is 1. The first kappa shape index (κ1) is 24.4. The third-order valence-electron chi connectivity index (χ3n) is 5.49. The van der Waals surface area contributed by atoms with Crippen LogP contribution in [-0.2, 0) is 26.2 Å². The lowest BCUT2D eigenvalue weighted by molar-refractivity contribution is -0.140. The van der Waals surface area contributed by atoms with Crippen LogP contribution in [0.15, 0.2) is 53.4 Å². The first-order valence-corrected chi connectivity index (χ1v) is 12.1. The van der Waals surface area contributed by atoms with Gasteiger partial charge in [0.1, 0.15) is 23.3 Å². The molecule has 1 aliphatic rings. The van der Waals surface area contributed by atoms with E-state index in [2.05, 4.69) is 5.32 Å². The van der Waals surface area contributed by atoms with Gasteiger partial charge in [-0.15, -0.1) is 0 Å². The summed E-state index contributed by atoms with van der Waals surface area (Å²) >= 11 is 0. The van der Waals surface area contributed by atoms with Gasteiger partial charge in [0.25, 0.3) is 15.9 Å². The molecule has 3 rings (SSSR count). The van der Waals surface area contributed by atoms with Gasteiger partial charge in [-0.05, 0) is 31.5 Å². The monoisotopic (exact) mass is 475 g/mol. The Labute approximate surface area is 192 Å². The number of benzene rings is 2. The fourth-order valence-corrected chi connectivity index (χ4v) is 5.05. The maximum absolute atomic E-state index is 14.3. The van der Waals surface area contributed by atoms with E-state index in [4.69, 9.17) is 0 Å². The van der Waals surface area contributed by atoms with Crippen LogP contribution in [-0.4, -0.2) is 54.5 Å². The van der Waals surface area contributed by atoms with Crippen LogP contribution < -0.4 is 5.32 Å². The molecule has 0 saturated heterocycles. The first-order valence-electron chi connectivity index (χ1n) is 10.6. The van der Waals surface area contributed by atoms with Crippen LogP contribution >= 0.6 is 0 Å². The lowest BCUT2D eigenvalue weighted by atomic mass is 10.1. The molecule has 0 radical (unpaired) electrons. The third kappa shape index (κ3) is 5.05. The first-order chi connectivity index (χ1) is 15.7. The molecule has 0 spiro atoms. The zero-order valence-corrected chi connectivity index (χ0v) is 19.3. The summed E-state index contributed by atoms with van der Waals surface area (Å²) in [6.45, 7) is 2.81. The Bertz CT molecular complexity index is 1170. The molecule has 10 heteroatoms. The zero-order valence-electron chi connectivity index (χ0n) is 18.5. The summed E-state index contributed by atoms with van der Waals surface area (Å²) in [6.07, 6.45) is 1.61. The van der Waals surface area contributed by atoms with Gasteiger partial charge in [-0.3, -0.25) is 14.4 Å². The van der Waals surface area contributed by atoms with Gasteiger partial charge in [0.2, 0.25) is 11.8 Å². The van der Waals surface area contributed by atoms with Crippen LogP contribution in [0.1, 0.15) is 42.6 Å². The van der Waals surface area contributed by atoms with Crippen LogP contribution in [0.25, 0.3) is 0 Å². The Kier molecular flexibility index (Phi) is 7.47. The minimum absolute atomic E-state index is 0.0173. The van der Waals surface area contributed by atoms with E-state index in [0.29, 0.717) is 10.8 Å². The highest BCUT2D eigenvalue weighted by atomic mass is 32.2. The molecular weight excluding hydrogens is 449 g/mol. The lowest BCUT2D eigenvalue weighted by Crippen LogP contribution is -2.51. The van der Waals surface area contributed by atoms with Crippen LogP contribution in [0, 0.1) is 5.82 Å². The molecule has 3 amide bonds. The molecule has 0 aliphatic carbocycles. The van der Waals surface area contributed by atoms with Gasteiger partial charge in [-0.2, -0.15) is 0 Å². The average molecular weight is 476 g/mol. The topological polar surface area (TPSA) is 104 Å². The minimum atomic E-state index is -4.21. The molecule has 176 valence electrons. The van der Waals surface area contributed by atoms with Gasteiger partial charge in [0, 0.05) is 18.7 Å². The number of hydrogen-bond donors (Lipinski definition) is 1. The standard InChI is InChI=1S/C23H26FN3O5S/c1-3-4-13-25-22(29)16(2)26(14-17-9-5-7-11-19(17)24)21(28)15-27-23(30)18-10-6-8-12-20(18)33(27,31)32/h5-12,16H,3-4,13-15H2,1-2H3,(H,25,29)/t16-/m1/s1. The van der Waals surface area contributed by atoms with E-state index >= 15 is 0 Å². The van der Waals surface area contributed by atoms with E-state index in [9.17, 15) is 27.2 Å². The molecular formula is C23H26FN3O5S. The molecule has 0 fully saturated rings. The van der Waals surface area contributed by atoms with Crippen molar-refractivity contribution in [3.05, 3.63) is 65.5 Å². The summed E-state index contributed by atoms with van der Waals surface area (Å²) in [7, 11) is -4.21. The molecule has 1 heterocycles. The van der Waals surface area contributed by atoms with E-state index in [0.717, 1.165) is 17.7 Å². The molecule has 0 aromatic heterocycles. The van der Waals surface area contributed by atoms with Crippen molar-refractivity contribution in [1.82, 2.24) is 14.5 Å². The van der Waals surface area contributed by atoms with Crippen molar-refractivity contribution >= 4 is 27.7 Å². The van der Waals surface area contributed by atoms with E-state index < -0.39 is 46.1 Å². The number of halogens is 1. The second-order valence-electron chi connectivity index (χ2n) is 7.75. The summed E-state index contributed by atoms with van der Waals surface area (Å²) in [5.74, 6) is -2.62. The van der Waals surface area contributed by atoms with Gasteiger partial charge in [-0.25, -0.2) is 17.1 Å². The van der Waals surface area contributed by atoms with E-state index in [1.807, 2.05) is 6.92 Å². The van der Waals surface area contributed by atoms with Gasteiger partial charge in [-0.1, -0.05) is 43.7 Å². The molecule has 33 heavy (non-hydrogen) atoms. The van der Waals surface area contributed by atoms with E-state index in [-0.39, 0.29) is 22.6 Å². The van der Waals surface area contributed by atoms with Crippen LogP contribution in [0.3, 0.4) is 0 Å². The van der Waals surface area contributed by atoms with Crippen LogP contribution in [0.4, 0.5) is 4.39 Å². The number of carbonyl (C=O) groups excluding carboxylic acids is 3. The summed E-state index contributed by atoms with van der Waals surface area (Å²) in [5, 5.41) is 2.73. The largest absolute Gasteiger partial charge is 0.354 e. The number of nitrogens with zero attached hydrogens (tertiary/aromatic N) is 2. The predicted molar refractivity (Wildman–Crippen MR) is 119 cm³/mol. The fourth-order valence-electron chi connectivity index (χ4n) is 3.53. The Hall–Kier alpha value is -3.27. The molecule has 0 bridgehead atoms. The Morgan fingerprint density at radius 2 is 1.79 bits per heavy atom. The molecule has 1 aliphatic heterocycles. The number of amides is 3. The van der Waals surface area contributed by atoms with Crippen molar-refractivity contribution < 1.29 is 27.2 Å². The summed E-state index contributed by atoms with van der Waals surface area (Å²) < 4.78 is 40.5. The van der Waals surface area contributed by atoms with E-state index in [1.165, 1.54) is 49.4 Å². The quantitative estimate of drug-likeness (QED) is 0.561. The third-order valence-corrected chi connectivity index (χ3v) is 7.27. The molecule has 8 nitrogen and oxygen atoms in total. The van der Waals surface area contributed by atoms with Gasteiger partial charge < -0.3 is 10.2 Å². The fraction of sp³-hybridized carbons (Fsp3) is 0.348. The second kappa shape index (κ2) is 10.1. The molecule has 0 saturated carbocycles. The van der Waals surface area contributed by atoms with Crippen molar-refractivity contribution in [2.24, 2.45) is 0 Å². The maximum Gasteiger partial charge on any atom is 0.269 e. The molecule has 2 aromatic carbocycles. The molecule has 1 atom stereocenters. The number of nitrogens with one attached hydrogen (secondary N) is 1. The maximum atomic E-state index is 14.3. The van der Waals surface area contributed by atoms with Crippen molar-refractivity contribution in [3.8, 4) is 0 Å². The van der Waals surface area contributed by atoms with Crippen molar-refractivity contribution in [2.45, 2.75) is 44.2 Å². The highest BCUT2D eigenvalue weighted by molar-refractivity contribution is 7.90. The molecule has 1 N–H and O–H groups in total. The summed E-state index contributed by atoms with van der Waals surface area (Å²) in [6, 6.07) is 10.5. The number of hydrogen-bond acceptors (Lipinski definition) is 5. The van der Waals surface area contributed by atoms with Crippen molar-refractivity contribution in [2.75, 3.05) is 13.1 Å². The number of unbranched alkanes of at least 4 members (excludes halogenated alkanes) is 1. The van der Waals surface area contributed by atoms with Crippen molar-refractivity contribution in [3.63, 3.8) is 0 Å². The zero-order chi connectivity index (χ0) is 24.2. The van der Waals surface area contributed by atoms with Crippen LogP contribution in [0.2, 0.25) is 0 Å². The molecule has 2 aromatic rings. The number of carbonyl (C=O) groups is 3. The SMILES string of the molecule is CCCCNC(=O)[C@@H](C)N(Cc1ccccc1F)C(=O)CN1C(=O)c2ccccc2S1(=O)=O. The van der Waals surface area contributed by atoms with Gasteiger partial charge in [0.05, 0.1) is 5.56 Å². The Morgan fingerprint density at radius 1 is 1.12 bits per heavy atom. The van der Waals surface area contributed by atoms with Crippen molar-refractivity contribution in [1.29, 1.82) is 0 Å². The number of sulfonamides is 1. The average Bonchev–Trinajstić information content (AvgIpc) is 2.99. The van der Waals surface area contributed by atoms with Gasteiger partial charge >= 0.3 is 0 Å². The highest BCUT2D eigenvalue weighted by Gasteiger charge is 2.43. The summed E-state index contributed by atoms with van der Waals surface area (Å²) in [4.78, 5) is 39.5. The number of rotatable bonds is 9. The second-order valence-corrected chi connectivity index (χ2v) is 9.58. The van der Waals surface area contributed by atoms with Crippen LogP contribution in [0.5, 0.6) is 0 Å². The summed E-state index contributed by atoms with van der Waals surface area (Å²) in [5.41, 5.74) is 0.147. The van der Waals surface area contributed by atoms with E-state index in [1.54, 1.807) is 6.07 Å². The smallest absolute Gasteiger partial charge is 0.269 e. The molecule has 0 unspecified atom stereocenters. The Balaban J connectivity index is 1.87. The highest BCUT2D eigenvalue weighted by Crippen LogP contribution is 2.30. The van der Waals surface area contributed by atoms with Gasteiger partial charge in [0.15, 0.2) is 0 Å². The lowest BCUT2D eigenvalue weighted by Gasteiger charge is -2.30. The Morgan fingerprint density at radius 3 is 2.45 bits per heavy atom. The predicted octanol–water partition coefficient (Wildman–Crippen LogP) is 2.30. The minimum Gasteiger partial charge on any atom is -0.354 e. The normalized spacial score (nSPS) is 15.1.